The molecule has 1 aromatic carbocycles. The quantitative estimate of drug-likeness (QED) is 0.723. The van der Waals surface area contributed by atoms with Crippen LogP contribution in [0.25, 0.3) is 5.65 Å². The molecule has 0 aliphatic rings. The third kappa shape index (κ3) is 2.57. The fraction of sp³-hybridized carbons (Fsp3) is 0.0667. The zero-order chi connectivity index (χ0) is 15.5. The second kappa shape index (κ2) is 5.74. The number of carboxylic acid groups (broad SMARTS) is 1. The minimum atomic E-state index is -1.18. The predicted molar refractivity (Wildman–Crippen MR) is 78.7 cm³/mol. The maximum absolute atomic E-state index is 11.3. The molecule has 0 bridgehead atoms. The summed E-state index contributed by atoms with van der Waals surface area (Å²) in [5.41, 5.74) is 1.47. The number of hydrogen-bond donors (Lipinski definition) is 2. The zero-order valence-electron chi connectivity index (χ0n) is 11.4. The third-order valence-electron chi connectivity index (χ3n) is 3.06. The number of rotatable bonds is 4. The van der Waals surface area contributed by atoms with E-state index in [1.807, 2.05) is 18.2 Å². The van der Waals surface area contributed by atoms with Crippen LogP contribution in [0.1, 0.15) is 16.1 Å². The number of aromatic carboxylic acids is 1. The summed E-state index contributed by atoms with van der Waals surface area (Å²) in [5.74, 6) is -1.07. The first kappa shape index (κ1) is 13.9. The van der Waals surface area contributed by atoms with Gasteiger partial charge in [0, 0.05) is 6.20 Å². The number of pyridine rings is 1. The van der Waals surface area contributed by atoms with Gasteiger partial charge in [0.1, 0.15) is 5.65 Å². The number of azo groups is 1. The summed E-state index contributed by atoms with van der Waals surface area (Å²) in [6, 6.07) is 12.3. The molecule has 0 amide bonds. The maximum Gasteiger partial charge on any atom is 0.358 e. The van der Waals surface area contributed by atoms with E-state index in [0.717, 1.165) is 0 Å². The highest BCUT2D eigenvalue weighted by Crippen LogP contribution is 2.24. The Morgan fingerprint density at radius 1 is 1.14 bits per heavy atom. The molecule has 0 fully saturated rings. The Labute approximate surface area is 125 Å². The summed E-state index contributed by atoms with van der Waals surface area (Å²) in [7, 11) is 0. The third-order valence-corrected chi connectivity index (χ3v) is 3.06. The average molecular weight is 296 g/mol. The van der Waals surface area contributed by atoms with Gasteiger partial charge in [0.2, 0.25) is 0 Å². The summed E-state index contributed by atoms with van der Waals surface area (Å²) < 4.78 is 1.50. The van der Waals surface area contributed by atoms with Crippen molar-refractivity contribution in [3.8, 4) is 0 Å². The lowest BCUT2D eigenvalue weighted by molar-refractivity contribution is 0.0692. The molecule has 0 aliphatic carbocycles. The number of carbonyl (C=O) groups is 1. The van der Waals surface area contributed by atoms with Gasteiger partial charge in [-0.1, -0.05) is 24.3 Å². The fourth-order valence-corrected chi connectivity index (χ4v) is 2.01. The molecule has 2 N–H and O–H groups in total. The molecular formula is C15H12N4O3. The number of nitrogens with zero attached hydrogens (tertiary/aromatic N) is 4. The van der Waals surface area contributed by atoms with E-state index in [1.165, 1.54) is 4.40 Å². The van der Waals surface area contributed by atoms with Crippen molar-refractivity contribution in [1.29, 1.82) is 0 Å². The van der Waals surface area contributed by atoms with Crippen molar-refractivity contribution in [3.63, 3.8) is 0 Å². The fourth-order valence-electron chi connectivity index (χ4n) is 2.01. The SMILES string of the molecule is O=C(O)c1nc2ccc(CO)cn2c1N=Nc1ccccc1. The molecule has 0 radical (unpaired) electrons. The largest absolute Gasteiger partial charge is 0.476 e. The molecule has 22 heavy (non-hydrogen) atoms. The molecule has 0 atom stereocenters. The minimum absolute atomic E-state index is 0.113. The van der Waals surface area contributed by atoms with E-state index in [0.29, 0.717) is 16.9 Å². The number of hydrogen-bond acceptors (Lipinski definition) is 5. The van der Waals surface area contributed by atoms with E-state index in [4.69, 9.17) is 0 Å². The Hall–Kier alpha value is -3.06. The van der Waals surface area contributed by atoms with Gasteiger partial charge in [0.05, 0.1) is 12.3 Å². The molecule has 7 nitrogen and oxygen atoms in total. The van der Waals surface area contributed by atoms with Gasteiger partial charge in [-0.15, -0.1) is 10.2 Å². The molecule has 3 rings (SSSR count). The molecule has 0 unspecified atom stereocenters. The van der Waals surface area contributed by atoms with Gasteiger partial charge in [0.15, 0.2) is 11.5 Å². The molecular weight excluding hydrogens is 284 g/mol. The Balaban J connectivity index is 2.14. The topological polar surface area (TPSA) is 99.5 Å². The smallest absolute Gasteiger partial charge is 0.358 e. The van der Waals surface area contributed by atoms with Gasteiger partial charge in [-0.2, -0.15) is 0 Å². The van der Waals surface area contributed by atoms with Crippen LogP contribution in [-0.4, -0.2) is 25.6 Å². The van der Waals surface area contributed by atoms with Crippen LogP contribution in [0.3, 0.4) is 0 Å². The predicted octanol–water partition coefficient (Wildman–Crippen LogP) is 2.94. The van der Waals surface area contributed by atoms with Gasteiger partial charge < -0.3 is 10.2 Å². The summed E-state index contributed by atoms with van der Waals surface area (Å²) in [6.07, 6.45) is 1.59. The molecule has 3 aromatic rings. The Bertz CT molecular complexity index is 856. The van der Waals surface area contributed by atoms with Crippen molar-refractivity contribution in [2.75, 3.05) is 0 Å². The number of benzene rings is 1. The molecule has 0 saturated carbocycles. The number of fused-ring (bicyclic) bond motifs is 1. The molecule has 0 aliphatic heterocycles. The second-order valence-corrected chi connectivity index (χ2v) is 4.55. The molecule has 0 saturated heterocycles. The highest BCUT2D eigenvalue weighted by atomic mass is 16.4. The van der Waals surface area contributed by atoms with Crippen molar-refractivity contribution >= 4 is 23.1 Å². The monoisotopic (exact) mass is 296 g/mol. The molecule has 110 valence electrons. The van der Waals surface area contributed by atoms with Crippen LogP contribution < -0.4 is 0 Å². The molecule has 2 aromatic heterocycles. The van der Waals surface area contributed by atoms with Gasteiger partial charge in [-0.3, -0.25) is 4.40 Å². The first-order valence-corrected chi connectivity index (χ1v) is 6.51. The van der Waals surface area contributed by atoms with Crippen molar-refractivity contribution in [2.24, 2.45) is 10.2 Å². The zero-order valence-corrected chi connectivity index (χ0v) is 11.4. The van der Waals surface area contributed by atoms with E-state index in [1.54, 1.807) is 30.5 Å². The Morgan fingerprint density at radius 3 is 2.59 bits per heavy atom. The van der Waals surface area contributed by atoms with Crippen LogP contribution in [0.4, 0.5) is 11.5 Å². The average Bonchev–Trinajstić information content (AvgIpc) is 2.91. The number of aromatic nitrogens is 2. The first-order valence-electron chi connectivity index (χ1n) is 6.51. The maximum atomic E-state index is 11.3. The highest BCUT2D eigenvalue weighted by Gasteiger charge is 2.18. The lowest BCUT2D eigenvalue weighted by atomic mass is 10.3. The highest BCUT2D eigenvalue weighted by molar-refractivity contribution is 5.91. The van der Waals surface area contributed by atoms with Crippen molar-refractivity contribution in [3.05, 3.63) is 59.9 Å². The minimum Gasteiger partial charge on any atom is -0.476 e. The second-order valence-electron chi connectivity index (χ2n) is 4.55. The van der Waals surface area contributed by atoms with Gasteiger partial charge in [0.25, 0.3) is 0 Å². The van der Waals surface area contributed by atoms with Gasteiger partial charge >= 0.3 is 5.97 Å². The van der Waals surface area contributed by atoms with Crippen LogP contribution in [0, 0.1) is 0 Å². The van der Waals surface area contributed by atoms with Crippen LogP contribution in [0.2, 0.25) is 0 Å². The van der Waals surface area contributed by atoms with Crippen LogP contribution in [0.15, 0.2) is 58.9 Å². The summed E-state index contributed by atoms with van der Waals surface area (Å²) in [5, 5.41) is 26.5. The van der Waals surface area contributed by atoms with E-state index in [9.17, 15) is 15.0 Å². The van der Waals surface area contributed by atoms with E-state index >= 15 is 0 Å². The molecule has 7 heteroatoms. The lowest BCUT2D eigenvalue weighted by Gasteiger charge is -1.99. The number of imidazole rings is 1. The van der Waals surface area contributed by atoms with E-state index < -0.39 is 5.97 Å². The number of aliphatic hydroxyl groups is 1. The van der Waals surface area contributed by atoms with Crippen molar-refractivity contribution in [2.45, 2.75) is 6.61 Å². The number of carboxylic acids is 1. The van der Waals surface area contributed by atoms with E-state index in [-0.39, 0.29) is 18.1 Å². The van der Waals surface area contributed by atoms with Crippen molar-refractivity contribution < 1.29 is 15.0 Å². The van der Waals surface area contributed by atoms with Gasteiger partial charge in [-0.25, -0.2) is 9.78 Å². The summed E-state index contributed by atoms with van der Waals surface area (Å²) in [4.78, 5) is 15.4. The number of aliphatic hydroxyl groups excluding tert-OH is 1. The Morgan fingerprint density at radius 2 is 1.91 bits per heavy atom. The van der Waals surface area contributed by atoms with Crippen LogP contribution in [-0.2, 0) is 6.61 Å². The summed E-state index contributed by atoms with van der Waals surface area (Å²) in [6.45, 7) is -0.161. The lowest BCUT2D eigenvalue weighted by Crippen LogP contribution is -1.96. The summed E-state index contributed by atoms with van der Waals surface area (Å²) >= 11 is 0. The first-order chi connectivity index (χ1) is 10.7. The van der Waals surface area contributed by atoms with Crippen molar-refractivity contribution in [1.82, 2.24) is 9.38 Å². The Kier molecular flexibility index (Phi) is 3.63. The normalized spacial score (nSPS) is 11.3. The van der Waals surface area contributed by atoms with Gasteiger partial charge in [-0.05, 0) is 23.8 Å². The standard InChI is InChI=1S/C15H12N4O3/c20-9-10-6-7-12-16-13(15(21)22)14(19(12)8-10)18-17-11-4-2-1-3-5-11/h1-8,20H,9H2,(H,21,22). The van der Waals surface area contributed by atoms with Crippen LogP contribution >= 0.6 is 0 Å². The molecule has 0 spiro atoms. The molecule has 2 heterocycles. The van der Waals surface area contributed by atoms with E-state index in [2.05, 4.69) is 15.2 Å². The van der Waals surface area contributed by atoms with Crippen LogP contribution in [0.5, 0.6) is 0 Å².